The summed E-state index contributed by atoms with van der Waals surface area (Å²) in [6, 6.07) is 11.2. The minimum atomic E-state index is -0.137. The van der Waals surface area contributed by atoms with Gasteiger partial charge in [0.1, 0.15) is 5.76 Å². The normalized spacial score (nSPS) is 10.9. The molecule has 0 spiro atoms. The summed E-state index contributed by atoms with van der Waals surface area (Å²) >= 11 is 7.42. The Morgan fingerprint density at radius 1 is 1.30 bits per heavy atom. The number of rotatable bonds is 7. The quantitative estimate of drug-likeness (QED) is 0.470. The van der Waals surface area contributed by atoms with Gasteiger partial charge in [0.2, 0.25) is 5.91 Å². The summed E-state index contributed by atoms with van der Waals surface area (Å²) in [5.74, 6) is 1.86. The minimum Gasteiger partial charge on any atom is -0.440 e. The van der Waals surface area contributed by atoms with Gasteiger partial charge < -0.3 is 9.32 Å². The van der Waals surface area contributed by atoms with E-state index in [1.807, 2.05) is 49.3 Å². The molecular formula is C16H18ClN3O2S. The van der Waals surface area contributed by atoms with Crippen molar-refractivity contribution in [2.24, 2.45) is 5.10 Å². The molecule has 0 unspecified atom stereocenters. The summed E-state index contributed by atoms with van der Waals surface area (Å²) in [4.78, 5) is 14.6. The second-order valence-corrected chi connectivity index (χ2v) is 6.52. The zero-order chi connectivity index (χ0) is 16.7. The van der Waals surface area contributed by atoms with Crippen LogP contribution in [-0.4, -0.2) is 32.0 Å². The number of furan rings is 1. The van der Waals surface area contributed by atoms with Gasteiger partial charge in [0.25, 0.3) is 0 Å². The van der Waals surface area contributed by atoms with Crippen molar-refractivity contribution in [2.75, 3.05) is 24.7 Å². The molecule has 0 atom stereocenters. The highest BCUT2D eigenvalue weighted by atomic mass is 35.5. The van der Waals surface area contributed by atoms with Gasteiger partial charge in [-0.1, -0.05) is 11.6 Å². The Bertz CT molecular complexity index is 668. The second-order valence-electron chi connectivity index (χ2n) is 4.92. The predicted molar refractivity (Wildman–Crippen MR) is 95.6 cm³/mol. The van der Waals surface area contributed by atoms with Gasteiger partial charge in [-0.15, -0.1) is 11.8 Å². The molecule has 7 heteroatoms. The van der Waals surface area contributed by atoms with Gasteiger partial charge in [-0.3, -0.25) is 4.79 Å². The molecule has 122 valence electrons. The van der Waals surface area contributed by atoms with Gasteiger partial charge in [0.15, 0.2) is 5.88 Å². The highest BCUT2D eigenvalue weighted by molar-refractivity contribution is 7.99. The Morgan fingerprint density at radius 2 is 2.04 bits per heavy atom. The average molecular weight is 352 g/mol. The lowest BCUT2D eigenvalue weighted by Crippen LogP contribution is -2.17. The molecule has 1 amide bonds. The largest absolute Gasteiger partial charge is 0.440 e. The van der Waals surface area contributed by atoms with E-state index in [4.69, 9.17) is 16.0 Å². The third-order valence-corrected chi connectivity index (χ3v) is 4.11. The van der Waals surface area contributed by atoms with Gasteiger partial charge in [-0.2, -0.15) is 5.10 Å². The van der Waals surface area contributed by atoms with Crippen LogP contribution in [-0.2, 0) is 4.79 Å². The topological polar surface area (TPSA) is 57.8 Å². The van der Waals surface area contributed by atoms with Crippen molar-refractivity contribution in [1.82, 2.24) is 5.43 Å². The third-order valence-electron chi connectivity index (χ3n) is 2.85. The van der Waals surface area contributed by atoms with Crippen LogP contribution >= 0.6 is 23.4 Å². The first-order valence-corrected chi connectivity index (χ1v) is 8.38. The molecule has 2 aromatic rings. The predicted octanol–water partition coefficient (Wildman–Crippen LogP) is 3.63. The maximum absolute atomic E-state index is 11.7. The Kier molecular flexibility index (Phi) is 6.55. The molecule has 0 aliphatic rings. The fourth-order valence-electron chi connectivity index (χ4n) is 1.67. The van der Waals surface area contributed by atoms with E-state index in [0.717, 1.165) is 10.8 Å². The number of nitrogens with zero attached hydrogens (tertiary/aromatic N) is 2. The lowest BCUT2D eigenvalue weighted by atomic mass is 10.4. The number of amides is 1. The molecule has 23 heavy (non-hydrogen) atoms. The van der Waals surface area contributed by atoms with E-state index in [9.17, 15) is 4.79 Å². The van der Waals surface area contributed by atoms with Crippen LogP contribution in [0.1, 0.15) is 12.2 Å². The summed E-state index contributed by atoms with van der Waals surface area (Å²) in [5.41, 5.74) is 2.49. The number of nitrogens with one attached hydrogen (secondary N) is 1. The van der Waals surface area contributed by atoms with E-state index in [1.54, 1.807) is 17.8 Å². The van der Waals surface area contributed by atoms with Crippen molar-refractivity contribution in [3.63, 3.8) is 0 Å². The Balaban J connectivity index is 1.70. The van der Waals surface area contributed by atoms with Crippen LogP contribution in [0.2, 0.25) is 5.02 Å². The third kappa shape index (κ3) is 6.00. The number of halogens is 1. The molecule has 0 fully saturated rings. The summed E-state index contributed by atoms with van der Waals surface area (Å²) in [6.45, 7) is 0. The smallest absolute Gasteiger partial charge is 0.240 e. The highest BCUT2D eigenvalue weighted by Crippen LogP contribution is 2.20. The fraction of sp³-hybridized carbons (Fsp3) is 0.250. The number of carbonyl (C=O) groups excluding carboxylic acids is 1. The van der Waals surface area contributed by atoms with E-state index >= 15 is 0 Å². The molecule has 0 radical (unpaired) electrons. The summed E-state index contributed by atoms with van der Waals surface area (Å²) in [7, 11) is 3.78. The molecule has 0 bridgehead atoms. The molecule has 5 nitrogen and oxygen atoms in total. The van der Waals surface area contributed by atoms with E-state index in [1.165, 1.54) is 6.21 Å². The number of thioether (sulfide) groups is 1. The maximum atomic E-state index is 11.7. The zero-order valence-electron chi connectivity index (χ0n) is 13.0. The summed E-state index contributed by atoms with van der Waals surface area (Å²) in [5, 5.41) is 4.59. The molecule has 0 aliphatic carbocycles. The lowest BCUT2D eigenvalue weighted by molar-refractivity contribution is -0.120. The molecule has 1 aromatic heterocycles. The van der Waals surface area contributed by atoms with Crippen LogP contribution in [0.4, 0.5) is 5.88 Å². The van der Waals surface area contributed by atoms with E-state index in [0.29, 0.717) is 23.0 Å². The van der Waals surface area contributed by atoms with Crippen molar-refractivity contribution in [2.45, 2.75) is 11.3 Å². The number of hydrogen-bond acceptors (Lipinski definition) is 5. The number of hydrogen-bond donors (Lipinski definition) is 1. The Morgan fingerprint density at radius 3 is 2.70 bits per heavy atom. The van der Waals surface area contributed by atoms with Crippen molar-refractivity contribution in [3.8, 4) is 0 Å². The zero-order valence-corrected chi connectivity index (χ0v) is 14.5. The lowest BCUT2D eigenvalue weighted by Gasteiger charge is -2.05. The summed E-state index contributed by atoms with van der Waals surface area (Å²) < 4.78 is 5.49. The first kappa shape index (κ1) is 17.4. The number of carbonyl (C=O) groups is 1. The molecule has 1 N–H and O–H groups in total. The highest BCUT2D eigenvalue weighted by Gasteiger charge is 2.03. The van der Waals surface area contributed by atoms with Crippen molar-refractivity contribution in [1.29, 1.82) is 0 Å². The van der Waals surface area contributed by atoms with Gasteiger partial charge in [-0.25, -0.2) is 5.43 Å². The first-order chi connectivity index (χ1) is 11.0. The Labute approximate surface area is 144 Å². The maximum Gasteiger partial charge on any atom is 0.240 e. The monoisotopic (exact) mass is 351 g/mol. The number of hydrazone groups is 1. The van der Waals surface area contributed by atoms with Crippen molar-refractivity contribution < 1.29 is 9.21 Å². The second kappa shape index (κ2) is 8.64. The number of benzene rings is 1. The average Bonchev–Trinajstić information content (AvgIpc) is 2.98. The minimum absolute atomic E-state index is 0.137. The van der Waals surface area contributed by atoms with E-state index in [2.05, 4.69) is 10.5 Å². The van der Waals surface area contributed by atoms with Gasteiger partial charge in [-0.05, 0) is 30.3 Å². The Hall–Kier alpha value is -1.92. The van der Waals surface area contributed by atoms with Gasteiger partial charge >= 0.3 is 0 Å². The van der Waals surface area contributed by atoms with Gasteiger partial charge in [0.05, 0.1) is 6.21 Å². The SMILES string of the molecule is CN(C)c1ccc(/C=N\NC(=O)CCSc2ccc(Cl)cc2)o1. The van der Waals surface area contributed by atoms with Crippen LogP contribution in [0, 0.1) is 0 Å². The fourth-order valence-corrected chi connectivity index (χ4v) is 2.65. The molecule has 0 aliphatic heterocycles. The molecule has 1 heterocycles. The first-order valence-electron chi connectivity index (χ1n) is 7.02. The van der Waals surface area contributed by atoms with Crippen LogP contribution in [0.5, 0.6) is 0 Å². The van der Waals surface area contributed by atoms with E-state index in [-0.39, 0.29) is 5.91 Å². The van der Waals surface area contributed by atoms with Crippen LogP contribution in [0.15, 0.2) is 50.8 Å². The molecule has 0 saturated heterocycles. The van der Waals surface area contributed by atoms with Crippen LogP contribution in [0.25, 0.3) is 0 Å². The van der Waals surface area contributed by atoms with Gasteiger partial charge in [0, 0.05) is 42.3 Å². The summed E-state index contributed by atoms with van der Waals surface area (Å²) in [6.07, 6.45) is 1.86. The molecular weight excluding hydrogens is 334 g/mol. The number of anilines is 1. The van der Waals surface area contributed by atoms with Crippen molar-refractivity contribution >= 4 is 41.4 Å². The molecule has 0 saturated carbocycles. The van der Waals surface area contributed by atoms with Crippen molar-refractivity contribution in [3.05, 3.63) is 47.2 Å². The standard InChI is InChI=1S/C16H18ClN3O2S/c1-20(2)16-8-5-13(22-16)11-18-19-15(21)9-10-23-14-6-3-12(17)4-7-14/h3-8,11H,9-10H2,1-2H3,(H,19,21)/b18-11-. The van der Waals surface area contributed by atoms with E-state index < -0.39 is 0 Å². The van der Waals surface area contributed by atoms with Crippen LogP contribution in [0.3, 0.4) is 0 Å². The molecule has 2 rings (SSSR count). The molecule has 1 aromatic carbocycles. The van der Waals surface area contributed by atoms with Crippen LogP contribution < -0.4 is 10.3 Å².